The summed E-state index contributed by atoms with van der Waals surface area (Å²) in [6.07, 6.45) is 0. The van der Waals surface area contributed by atoms with Gasteiger partial charge >= 0.3 is 5.97 Å². The quantitative estimate of drug-likeness (QED) is 0.136. The number of thioether (sulfide) groups is 2. The topological polar surface area (TPSA) is 167 Å². The highest BCUT2D eigenvalue weighted by molar-refractivity contribution is 8.06. The standard InChI is InChI=1S/C15H17N5O6S3/c1-26-2-3-27-7-5-28-13-9(12(22)20(13)10(7)14(23)24)18-11(21)8(19-25)6-4-29-15(16)17-6/h4,9,13,25H,2-3,5H2,1H3,(H2,16,17)(H,18,21)(H,23,24)/b19-8+/t9-,13-/m1/s1. The first kappa shape index (κ1) is 21.4. The lowest BCUT2D eigenvalue weighted by molar-refractivity contribution is -0.150. The summed E-state index contributed by atoms with van der Waals surface area (Å²) in [6.45, 7) is 0.451. The van der Waals surface area contributed by atoms with E-state index < -0.39 is 29.2 Å². The molecule has 1 fully saturated rings. The summed E-state index contributed by atoms with van der Waals surface area (Å²) < 4.78 is 4.97. The fraction of sp³-hybridized carbons (Fsp3) is 0.400. The van der Waals surface area contributed by atoms with Crippen LogP contribution in [0, 0.1) is 0 Å². The second kappa shape index (κ2) is 9.02. The molecule has 2 amide bonds. The minimum absolute atomic E-state index is 0.0753. The summed E-state index contributed by atoms with van der Waals surface area (Å²) >= 11 is 3.74. The maximum absolute atomic E-state index is 12.6. The predicted molar refractivity (Wildman–Crippen MR) is 109 cm³/mol. The van der Waals surface area contributed by atoms with Gasteiger partial charge in [0.2, 0.25) is 0 Å². The molecule has 0 aliphatic carbocycles. The number of oxime groups is 1. The highest BCUT2D eigenvalue weighted by Crippen LogP contribution is 2.43. The number of hydrogen-bond acceptors (Lipinski definition) is 11. The average molecular weight is 460 g/mol. The molecule has 0 aromatic carbocycles. The number of rotatable bonds is 8. The van der Waals surface area contributed by atoms with Crippen LogP contribution in [0.2, 0.25) is 0 Å². The van der Waals surface area contributed by atoms with E-state index in [2.05, 4.69) is 15.5 Å². The van der Waals surface area contributed by atoms with Crippen LogP contribution in [0.4, 0.5) is 5.13 Å². The van der Waals surface area contributed by atoms with Gasteiger partial charge in [-0.1, -0.05) is 5.16 Å². The van der Waals surface area contributed by atoms with Crippen LogP contribution >= 0.6 is 34.9 Å². The number of nitrogens with two attached hydrogens (primary N) is 1. The van der Waals surface area contributed by atoms with Gasteiger partial charge in [-0.15, -0.1) is 34.9 Å². The van der Waals surface area contributed by atoms with Crippen LogP contribution < -0.4 is 11.1 Å². The van der Waals surface area contributed by atoms with Crippen LogP contribution in [-0.2, 0) is 19.1 Å². The van der Waals surface area contributed by atoms with Crippen molar-refractivity contribution in [1.29, 1.82) is 0 Å². The van der Waals surface area contributed by atoms with E-state index in [1.165, 1.54) is 33.8 Å². The van der Waals surface area contributed by atoms with Crippen LogP contribution in [0.1, 0.15) is 5.69 Å². The maximum Gasteiger partial charge on any atom is 0.353 e. The molecule has 14 heteroatoms. The van der Waals surface area contributed by atoms with Crippen LogP contribution in [0.15, 0.2) is 21.1 Å². The molecule has 0 bridgehead atoms. The summed E-state index contributed by atoms with van der Waals surface area (Å²) in [6, 6.07) is -0.944. The third-order valence-electron chi connectivity index (χ3n) is 4.07. The first-order chi connectivity index (χ1) is 13.9. The van der Waals surface area contributed by atoms with E-state index in [1.807, 2.05) is 0 Å². The largest absolute Gasteiger partial charge is 0.477 e. The number of amides is 2. The minimum atomic E-state index is -1.20. The number of carboxylic acids is 1. The van der Waals surface area contributed by atoms with Gasteiger partial charge in [0.1, 0.15) is 22.8 Å². The summed E-state index contributed by atoms with van der Waals surface area (Å²) in [5, 5.41) is 25.3. The van der Waals surface area contributed by atoms with E-state index in [-0.39, 0.29) is 22.2 Å². The molecular formula is C15H17N5O6S3. The van der Waals surface area contributed by atoms with Crippen molar-refractivity contribution >= 4 is 63.5 Å². The lowest BCUT2D eigenvalue weighted by Crippen LogP contribution is -2.71. The molecule has 156 valence electrons. The maximum atomic E-state index is 12.6. The third kappa shape index (κ3) is 4.19. The van der Waals surface area contributed by atoms with Crippen molar-refractivity contribution in [3.63, 3.8) is 0 Å². The van der Waals surface area contributed by atoms with E-state index in [9.17, 15) is 19.5 Å². The number of carbonyl (C=O) groups is 3. The van der Waals surface area contributed by atoms with Gasteiger partial charge in [0.25, 0.3) is 11.8 Å². The Kier molecular flexibility index (Phi) is 6.66. The molecular weight excluding hydrogens is 442 g/mol. The smallest absolute Gasteiger partial charge is 0.353 e. The zero-order valence-electron chi connectivity index (χ0n) is 15.0. The SMILES string of the molecule is COCCSC1=C(C(=O)O)N2C(=O)[C@@H](NC(=O)/C(=N/O)c3csc(N)n3)[C@H]2SC1. The van der Waals surface area contributed by atoms with Crippen LogP contribution in [0.3, 0.4) is 0 Å². The Hall–Kier alpha value is -2.29. The second-order valence-electron chi connectivity index (χ2n) is 5.80. The van der Waals surface area contributed by atoms with Gasteiger partial charge in [-0.2, -0.15) is 0 Å². The van der Waals surface area contributed by atoms with Gasteiger partial charge in [-0.25, -0.2) is 9.78 Å². The highest BCUT2D eigenvalue weighted by Gasteiger charge is 2.54. The van der Waals surface area contributed by atoms with Gasteiger partial charge in [0.15, 0.2) is 10.8 Å². The van der Waals surface area contributed by atoms with Crippen molar-refractivity contribution in [2.45, 2.75) is 11.4 Å². The number of carbonyl (C=O) groups excluding carboxylic acids is 2. The average Bonchev–Trinajstić information content (AvgIpc) is 3.12. The summed E-state index contributed by atoms with van der Waals surface area (Å²) in [5.74, 6) is -1.61. The number of aromatic nitrogens is 1. The molecule has 5 N–H and O–H groups in total. The van der Waals surface area contributed by atoms with Gasteiger partial charge in [0.05, 0.1) is 6.61 Å². The number of ether oxygens (including phenoxy) is 1. The first-order valence-corrected chi connectivity index (χ1v) is 11.1. The number of nitrogens with one attached hydrogen (secondary N) is 1. The van der Waals surface area contributed by atoms with Crippen molar-refractivity contribution in [1.82, 2.24) is 15.2 Å². The van der Waals surface area contributed by atoms with Gasteiger partial charge < -0.3 is 26.1 Å². The Morgan fingerprint density at radius 2 is 2.31 bits per heavy atom. The molecule has 29 heavy (non-hydrogen) atoms. The van der Waals surface area contributed by atoms with E-state index >= 15 is 0 Å². The van der Waals surface area contributed by atoms with Crippen molar-refractivity contribution in [2.75, 3.05) is 31.0 Å². The fourth-order valence-corrected chi connectivity index (χ4v) is 5.87. The summed E-state index contributed by atoms with van der Waals surface area (Å²) in [7, 11) is 1.55. The minimum Gasteiger partial charge on any atom is -0.477 e. The van der Waals surface area contributed by atoms with Gasteiger partial charge in [-0.05, 0) is 0 Å². The molecule has 11 nitrogen and oxygen atoms in total. The molecule has 2 atom stereocenters. The zero-order chi connectivity index (χ0) is 21.1. The van der Waals surface area contributed by atoms with E-state index in [4.69, 9.17) is 15.7 Å². The molecule has 0 saturated carbocycles. The van der Waals surface area contributed by atoms with Crippen molar-refractivity contribution in [3.8, 4) is 0 Å². The number of carboxylic acid groups (broad SMARTS) is 1. The number of methoxy groups -OCH3 is 1. The van der Waals surface area contributed by atoms with E-state index in [1.54, 1.807) is 7.11 Å². The number of hydrogen-bond donors (Lipinski definition) is 4. The van der Waals surface area contributed by atoms with Crippen molar-refractivity contribution in [2.24, 2.45) is 5.16 Å². The van der Waals surface area contributed by atoms with Crippen LogP contribution in [0.25, 0.3) is 0 Å². The Labute approximate surface area is 177 Å². The van der Waals surface area contributed by atoms with Crippen LogP contribution in [0.5, 0.6) is 0 Å². The van der Waals surface area contributed by atoms with Crippen molar-refractivity contribution in [3.05, 3.63) is 21.7 Å². The van der Waals surface area contributed by atoms with E-state index in [0.29, 0.717) is 23.0 Å². The molecule has 1 aromatic heterocycles. The molecule has 0 unspecified atom stereocenters. The normalized spacial score (nSPS) is 21.6. The number of anilines is 1. The molecule has 3 rings (SSSR count). The summed E-state index contributed by atoms with van der Waals surface area (Å²) in [4.78, 5) is 42.4. The Balaban J connectivity index is 1.73. The lowest BCUT2D eigenvalue weighted by atomic mass is 10.0. The van der Waals surface area contributed by atoms with Crippen molar-refractivity contribution < 1.29 is 29.4 Å². The highest BCUT2D eigenvalue weighted by atomic mass is 32.2. The summed E-state index contributed by atoms with van der Waals surface area (Å²) in [5.41, 5.74) is 5.15. The molecule has 0 radical (unpaired) electrons. The zero-order valence-corrected chi connectivity index (χ0v) is 17.5. The molecule has 3 heterocycles. The Bertz CT molecular complexity index is 901. The third-order valence-corrected chi connectivity index (χ3v) is 7.26. The molecule has 2 aliphatic heterocycles. The number of nitrogen functional groups attached to an aromatic ring is 1. The predicted octanol–water partition coefficient (Wildman–Crippen LogP) is -0.0207. The number of nitrogens with zero attached hydrogens (tertiary/aromatic N) is 3. The van der Waals surface area contributed by atoms with Gasteiger partial charge in [0, 0.05) is 28.9 Å². The van der Waals surface area contributed by atoms with Gasteiger partial charge in [-0.3, -0.25) is 14.5 Å². The molecule has 2 aliphatic rings. The molecule has 1 aromatic rings. The van der Waals surface area contributed by atoms with E-state index in [0.717, 1.165) is 11.3 Å². The first-order valence-electron chi connectivity index (χ1n) is 8.16. The number of thiazole rings is 1. The second-order valence-corrected chi connectivity index (χ2v) is 8.98. The Morgan fingerprint density at radius 1 is 1.55 bits per heavy atom. The fourth-order valence-electron chi connectivity index (χ4n) is 2.77. The molecule has 0 spiro atoms. The number of fused-ring (bicyclic) bond motifs is 1. The number of aliphatic carboxylic acids is 1. The Morgan fingerprint density at radius 3 is 2.90 bits per heavy atom. The lowest BCUT2D eigenvalue weighted by Gasteiger charge is -2.49. The monoisotopic (exact) mass is 459 g/mol. The molecule has 1 saturated heterocycles. The van der Waals surface area contributed by atoms with Crippen LogP contribution in [-0.4, -0.2) is 80.3 Å². The number of β-lactam (4-membered cyclic amide) rings is 1.